The minimum Gasteiger partial charge on any atom is -0.497 e. The molecule has 1 aromatic heterocycles. The quantitative estimate of drug-likeness (QED) is 0.730. The van der Waals surface area contributed by atoms with E-state index in [2.05, 4.69) is 10.2 Å². The van der Waals surface area contributed by atoms with Gasteiger partial charge in [-0.3, -0.25) is 14.9 Å². The molecule has 1 aliphatic rings. The van der Waals surface area contributed by atoms with E-state index in [0.29, 0.717) is 18.8 Å². The molecule has 0 saturated carbocycles. The third-order valence-corrected chi connectivity index (χ3v) is 4.92. The summed E-state index contributed by atoms with van der Waals surface area (Å²) in [7, 11) is 3.26. The average molecular weight is 378 g/mol. The summed E-state index contributed by atoms with van der Waals surface area (Å²) in [5.74, 6) is 1.47. The molecule has 1 N–H and O–H groups in total. The van der Waals surface area contributed by atoms with Crippen molar-refractivity contribution >= 4 is 17.4 Å². The first-order valence-electron chi connectivity index (χ1n) is 9.11. The summed E-state index contributed by atoms with van der Waals surface area (Å²) >= 11 is 0. The molecule has 0 bridgehead atoms. The normalized spacial score (nSPS) is 14.3. The van der Waals surface area contributed by atoms with Crippen LogP contribution in [-0.2, 0) is 0 Å². The molecular formula is C21H22N4O3. The lowest BCUT2D eigenvalue weighted by Gasteiger charge is -2.36. The first-order chi connectivity index (χ1) is 13.7. The van der Waals surface area contributed by atoms with Crippen LogP contribution in [0, 0.1) is 0 Å². The van der Waals surface area contributed by atoms with E-state index in [1.54, 1.807) is 30.2 Å². The number of hydrogen-bond donors (Lipinski definition) is 1. The fraction of sp³-hybridized carbons (Fsp3) is 0.238. The predicted molar refractivity (Wildman–Crippen MR) is 108 cm³/mol. The van der Waals surface area contributed by atoms with E-state index < -0.39 is 0 Å². The second kappa shape index (κ2) is 7.64. The lowest BCUT2D eigenvalue weighted by Crippen LogP contribution is -2.49. The van der Waals surface area contributed by atoms with E-state index in [0.717, 1.165) is 34.7 Å². The summed E-state index contributed by atoms with van der Waals surface area (Å²) in [6.45, 7) is 1.35. The summed E-state index contributed by atoms with van der Waals surface area (Å²) in [5, 5.41) is 6.80. The lowest BCUT2D eigenvalue weighted by molar-refractivity contribution is 0.248. The molecule has 0 aliphatic carbocycles. The zero-order valence-electron chi connectivity index (χ0n) is 15.9. The lowest BCUT2D eigenvalue weighted by atomic mass is 10.1. The summed E-state index contributed by atoms with van der Waals surface area (Å²) in [6.07, 6.45) is 4.44. The number of nitrogens with zero attached hydrogens (tertiary/aromatic N) is 3. The molecule has 1 saturated heterocycles. The zero-order valence-corrected chi connectivity index (χ0v) is 15.9. The Balaban J connectivity index is 1.62. The highest BCUT2D eigenvalue weighted by molar-refractivity contribution is 6.04. The van der Waals surface area contributed by atoms with Crippen molar-refractivity contribution in [3.63, 3.8) is 0 Å². The molecule has 3 aromatic rings. The minimum atomic E-state index is -0.0467. The van der Waals surface area contributed by atoms with E-state index >= 15 is 0 Å². The van der Waals surface area contributed by atoms with Crippen molar-refractivity contribution in [2.75, 3.05) is 37.1 Å². The molecule has 144 valence electrons. The Morgan fingerprint density at radius 1 is 0.964 bits per heavy atom. The van der Waals surface area contributed by atoms with Gasteiger partial charge in [-0.2, -0.15) is 5.10 Å². The molecule has 4 rings (SSSR count). The number of H-pyrrole nitrogens is 1. The molecule has 2 amide bonds. The van der Waals surface area contributed by atoms with E-state index in [-0.39, 0.29) is 6.03 Å². The van der Waals surface area contributed by atoms with Crippen LogP contribution in [0.15, 0.2) is 54.9 Å². The Morgan fingerprint density at radius 2 is 1.68 bits per heavy atom. The number of anilines is 2. The Labute approximate surface area is 163 Å². The van der Waals surface area contributed by atoms with Gasteiger partial charge in [-0.1, -0.05) is 0 Å². The summed E-state index contributed by atoms with van der Waals surface area (Å²) < 4.78 is 10.8. The maximum Gasteiger partial charge on any atom is 0.328 e. The van der Waals surface area contributed by atoms with Gasteiger partial charge < -0.3 is 9.47 Å². The van der Waals surface area contributed by atoms with Gasteiger partial charge in [0.1, 0.15) is 11.5 Å². The zero-order chi connectivity index (χ0) is 19.5. The highest BCUT2D eigenvalue weighted by Crippen LogP contribution is 2.34. The molecule has 2 aromatic carbocycles. The van der Waals surface area contributed by atoms with Crippen LogP contribution in [0.1, 0.15) is 6.42 Å². The maximum atomic E-state index is 13.2. The van der Waals surface area contributed by atoms with Crippen molar-refractivity contribution in [3.05, 3.63) is 54.9 Å². The van der Waals surface area contributed by atoms with Crippen molar-refractivity contribution in [2.24, 2.45) is 0 Å². The Kier molecular flexibility index (Phi) is 4.89. The first-order valence-corrected chi connectivity index (χ1v) is 9.11. The number of methoxy groups -OCH3 is 2. The third-order valence-electron chi connectivity index (χ3n) is 4.92. The van der Waals surface area contributed by atoms with Crippen molar-refractivity contribution in [1.29, 1.82) is 0 Å². The molecule has 0 atom stereocenters. The Morgan fingerprint density at radius 3 is 2.32 bits per heavy atom. The Bertz CT molecular complexity index is 954. The van der Waals surface area contributed by atoms with E-state index in [1.807, 2.05) is 48.7 Å². The second-order valence-corrected chi connectivity index (χ2v) is 6.51. The van der Waals surface area contributed by atoms with Crippen LogP contribution in [-0.4, -0.2) is 43.5 Å². The fourth-order valence-electron chi connectivity index (χ4n) is 3.45. The van der Waals surface area contributed by atoms with Gasteiger partial charge >= 0.3 is 6.03 Å². The van der Waals surface area contributed by atoms with Gasteiger partial charge in [-0.05, 0) is 42.8 Å². The highest BCUT2D eigenvalue weighted by atomic mass is 16.5. The van der Waals surface area contributed by atoms with Crippen molar-refractivity contribution in [1.82, 2.24) is 10.2 Å². The van der Waals surface area contributed by atoms with Gasteiger partial charge in [0.2, 0.25) is 0 Å². The van der Waals surface area contributed by atoms with Crippen LogP contribution in [0.25, 0.3) is 11.1 Å². The largest absolute Gasteiger partial charge is 0.497 e. The molecular weight excluding hydrogens is 356 g/mol. The summed E-state index contributed by atoms with van der Waals surface area (Å²) in [6, 6.07) is 13.3. The van der Waals surface area contributed by atoms with Crippen LogP contribution in [0.3, 0.4) is 0 Å². The first kappa shape index (κ1) is 17.9. The van der Waals surface area contributed by atoms with Gasteiger partial charge in [0, 0.05) is 47.9 Å². The number of carbonyl (C=O) groups excluding carboxylic acids is 1. The topological polar surface area (TPSA) is 70.7 Å². The smallest absolute Gasteiger partial charge is 0.328 e. The van der Waals surface area contributed by atoms with Crippen molar-refractivity contribution < 1.29 is 14.3 Å². The van der Waals surface area contributed by atoms with Crippen molar-refractivity contribution in [3.8, 4) is 22.6 Å². The minimum absolute atomic E-state index is 0.0467. The molecule has 0 unspecified atom stereocenters. The van der Waals surface area contributed by atoms with Crippen LogP contribution in [0.4, 0.5) is 16.2 Å². The number of hydrogen-bond acceptors (Lipinski definition) is 4. The van der Waals surface area contributed by atoms with Gasteiger partial charge in [-0.25, -0.2) is 4.79 Å². The number of ether oxygens (including phenoxy) is 2. The van der Waals surface area contributed by atoms with Crippen LogP contribution in [0.2, 0.25) is 0 Å². The van der Waals surface area contributed by atoms with Crippen molar-refractivity contribution in [2.45, 2.75) is 6.42 Å². The number of nitrogens with one attached hydrogen (secondary N) is 1. The monoisotopic (exact) mass is 378 g/mol. The molecule has 7 nitrogen and oxygen atoms in total. The third kappa shape index (κ3) is 3.26. The number of carbonyl (C=O) groups is 1. The molecule has 0 spiro atoms. The summed E-state index contributed by atoms with van der Waals surface area (Å²) in [5.41, 5.74) is 3.54. The number of rotatable bonds is 5. The fourth-order valence-corrected chi connectivity index (χ4v) is 3.45. The molecule has 0 radical (unpaired) electrons. The number of urea groups is 1. The average Bonchev–Trinajstić information content (AvgIpc) is 3.28. The highest BCUT2D eigenvalue weighted by Gasteiger charge is 2.28. The molecule has 1 fully saturated rings. The van der Waals surface area contributed by atoms with Crippen LogP contribution >= 0.6 is 0 Å². The Hall–Kier alpha value is -3.48. The molecule has 2 heterocycles. The van der Waals surface area contributed by atoms with Crippen LogP contribution < -0.4 is 19.3 Å². The number of aromatic amines is 1. The van der Waals surface area contributed by atoms with E-state index in [4.69, 9.17) is 9.47 Å². The van der Waals surface area contributed by atoms with Gasteiger partial charge in [-0.15, -0.1) is 0 Å². The van der Waals surface area contributed by atoms with Gasteiger partial charge in [0.05, 0.1) is 20.4 Å². The number of aromatic nitrogens is 2. The summed E-state index contributed by atoms with van der Waals surface area (Å²) in [4.78, 5) is 16.7. The number of benzene rings is 2. The molecule has 28 heavy (non-hydrogen) atoms. The van der Waals surface area contributed by atoms with Crippen LogP contribution in [0.5, 0.6) is 11.5 Å². The van der Waals surface area contributed by atoms with E-state index in [1.165, 1.54) is 0 Å². The number of amides is 2. The predicted octanol–water partition coefficient (Wildman–Crippen LogP) is 3.93. The molecule has 1 aliphatic heterocycles. The maximum absolute atomic E-state index is 13.2. The molecule has 7 heteroatoms. The second-order valence-electron chi connectivity index (χ2n) is 6.51. The van der Waals surface area contributed by atoms with Gasteiger partial charge in [0.25, 0.3) is 0 Å². The van der Waals surface area contributed by atoms with E-state index in [9.17, 15) is 4.79 Å². The SMILES string of the molecule is COc1ccc(N2CCCN(c3ccc(-c4cn[nH]c4)c(OC)c3)C2=O)cc1. The van der Waals surface area contributed by atoms with Gasteiger partial charge in [0.15, 0.2) is 0 Å². The standard InChI is InChI=1S/C21H22N4O3/c1-27-18-7-4-16(5-8-18)24-10-3-11-25(21(24)26)17-6-9-19(20(12-17)28-2)15-13-22-23-14-15/h4-9,12-14H,3,10-11H2,1-2H3,(H,22,23).